The average Bonchev–Trinajstić information content (AvgIpc) is 3.01. The molecule has 0 fully saturated rings. The Hall–Kier alpha value is -2.89. The lowest BCUT2D eigenvalue weighted by Crippen LogP contribution is -2.38. The summed E-state index contributed by atoms with van der Waals surface area (Å²) in [5, 5.41) is 7.62. The Bertz CT molecular complexity index is 884. The van der Waals surface area contributed by atoms with Crippen molar-refractivity contribution in [3.63, 3.8) is 0 Å². The van der Waals surface area contributed by atoms with Gasteiger partial charge in [-0.05, 0) is 48.7 Å². The van der Waals surface area contributed by atoms with Crippen molar-refractivity contribution in [2.45, 2.75) is 19.9 Å². The molecule has 1 aromatic carbocycles. The highest BCUT2D eigenvalue weighted by Gasteiger charge is 2.06. The van der Waals surface area contributed by atoms with Gasteiger partial charge in [-0.15, -0.1) is 0 Å². The minimum Gasteiger partial charge on any atom is -0.361 e. The molecule has 3 N–H and O–H groups in total. The number of aliphatic imine (C=N–C) groups is 1. The SMILES string of the molecule is CN=C(NCCc1c[nH]c2cc(F)ccc12)NCc1ncccc1C. The van der Waals surface area contributed by atoms with Crippen molar-refractivity contribution in [1.29, 1.82) is 0 Å². The Morgan fingerprint density at radius 3 is 2.96 bits per heavy atom. The predicted octanol–water partition coefficient (Wildman–Crippen LogP) is 2.92. The molecule has 0 aliphatic heterocycles. The van der Waals surface area contributed by atoms with Crippen molar-refractivity contribution in [1.82, 2.24) is 20.6 Å². The van der Waals surface area contributed by atoms with Crippen LogP contribution < -0.4 is 10.6 Å². The molecule has 3 rings (SSSR count). The van der Waals surface area contributed by atoms with E-state index in [1.165, 1.54) is 12.1 Å². The summed E-state index contributed by atoms with van der Waals surface area (Å²) in [6, 6.07) is 8.79. The van der Waals surface area contributed by atoms with Gasteiger partial charge in [0.2, 0.25) is 0 Å². The molecule has 130 valence electrons. The number of aromatic nitrogens is 2. The van der Waals surface area contributed by atoms with Gasteiger partial charge < -0.3 is 15.6 Å². The molecule has 25 heavy (non-hydrogen) atoms. The maximum Gasteiger partial charge on any atom is 0.191 e. The van der Waals surface area contributed by atoms with Crippen LogP contribution in [0.1, 0.15) is 16.8 Å². The minimum atomic E-state index is -0.228. The second kappa shape index (κ2) is 7.79. The molecule has 0 radical (unpaired) electrons. The lowest BCUT2D eigenvalue weighted by atomic mass is 10.1. The fraction of sp³-hybridized carbons (Fsp3) is 0.263. The molecule has 0 unspecified atom stereocenters. The maximum atomic E-state index is 13.2. The number of aromatic amines is 1. The van der Waals surface area contributed by atoms with E-state index in [-0.39, 0.29) is 5.82 Å². The Kier molecular flexibility index (Phi) is 5.28. The topological polar surface area (TPSA) is 65.1 Å². The number of rotatable bonds is 5. The van der Waals surface area contributed by atoms with Gasteiger partial charge in [0.05, 0.1) is 12.2 Å². The van der Waals surface area contributed by atoms with E-state index >= 15 is 0 Å². The van der Waals surface area contributed by atoms with E-state index in [1.54, 1.807) is 13.2 Å². The van der Waals surface area contributed by atoms with Crippen LogP contribution in [-0.4, -0.2) is 29.5 Å². The van der Waals surface area contributed by atoms with E-state index in [9.17, 15) is 4.39 Å². The van der Waals surface area contributed by atoms with Crippen LogP contribution in [0.3, 0.4) is 0 Å². The number of aryl methyl sites for hydroxylation is 1. The monoisotopic (exact) mass is 339 g/mol. The minimum absolute atomic E-state index is 0.228. The predicted molar refractivity (Wildman–Crippen MR) is 99.1 cm³/mol. The molecule has 0 spiro atoms. The number of H-pyrrole nitrogens is 1. The Balaban J connectivity index is 1.54. The fourth-order valence-electron chi connectivity index (χ4n) is 2.77. The average molecular weight is 339 g/mol. The molecule has 2 heterocycles. The summed E-state index contributed by atoms with van der Waals surface area (Å²) < 4.78 is 13.2. The van der Waals surface area contributed by atoms with Gasteiger partial charge in [-0.1, -0.05) is 6.07 Å². The van der Waals surface area contributed by atoms with Crippen molar-refractivity contribution in [3.05, 3.63) is 65.4 Å². The van der Waals surface area contributed by atoms with E-state index < -0.39 is 0 Å². The van der Waals surface area contributed by atoms with Gasteiger partial charge in [0.15, 0.2) is 5.96 Å². The molecule has 0 aliphatic carbocycles. The zero-order valence-electron chi connectivity index (χ0n) is 14.4. The number of hydrogen-bond donors (Lipinski definition) is 3. The van der Waals surface area contributed by atoms with Gasteiger partial charge >= 0.3 is 0 Å². The highest BCUT2D eigenvalue weighted by Crippen LogP contribution is 2.19. The summed E-state index contributed by atoms with van der Waals surface area (Å²) in [4.78, 5) is 11.7. The standard InChI is InChI=1S/C19H22FN5/c1-13-4-3-8-22-18(13)12-25-19(21-2)23-9-7-14-11-24-17-10-15(20)5-6-16(14)17/h3-6,8,10-11,24H,7,9,12H2,1-2H3,(H2,21,23,25). The molecule has 0 aliphatic rings. The number of halogens is 1. The lowest BCUT2D eigenvalue weighted by Gasteiger charge is -2.12. The molecule has 5 nitrogen and oxygen atoms in total. The van der Waals surface area contributed by atoms with Gasteiger partial charge in [-0.3, -0.25) is 9.98 Å². The number of nitrogens with zero attached hydrogens (tertiary/aromatic N) is 2. The molecule has 6 heteroatoms. The van der Waals surface area contributed by atoms with Crippen LogP contribution in [0.2, 0.25) is 0 Å². The smallest absolute Gasteiger partial charge is 0.191 e. The third-order valence-electron chi connectivity index (χ3n) is 4.18. The van der Waals surface area contributed by atoms with Crippen molar-refractivity contribution >= 4 is 16.9 Å². The van der Waals surface area contributed by atoms with Gasteiger partial charge in [-0.25, -0.2) is 4.39 Å². The molecule has 0 saturated heterocycles. The Morgan fingerprint density at radius 1 is 1.28 bits per heavy atom. The molecule has 0 bridgehead atoms. The summed E-state index contributed by atoms with van der Waals surface area (Å²) in [5.74, 6) is 0.504. The summed E-state index contributed by atoms with van der Waals surface area (Å²) in [6.07, 6.45) is 4.54. The van der Waals surface area contributed by atoms with E-state index in [0.29, 0.717) is 6.54 Å². The summed E-state index contributed by atoms with van der Waals surface area (Å²) in [7, 11) is 1.75. The van der Waals surface area contributed by atoms with E-state index in [0.717, 1.165) is 46.6 Å². The Labute approximate surface area is 146 Å². The zero-order valence-corrected chi connectivity index (χ0v) is 14.4. The van der Waals surface area contributed by atoms with Gasteiger partial charge in [0.1, 0.15) is 5.82 Å². The van der Waals surface area contributed by atoms with Crippen LogP contribution in [-0.2, 0) is 13.0 Å². The zero-order chi connectivity index (χ0) is 17.6. The number of benzene rings is 1. The molecule has 0 atom stereocenters. The van der Waals surface area contributed by atoms with Crippen LogP contribution in [0.15, 0.2) is 47.7 Å². The maximum absolute atomic E-state index is 13.2. The first kappa shape index (κ1) is 17.0. The van der Waals surface area contributed by atoms with Crippen LogP contribution in [0.25, 0.3) is 10.9 Å². The van der Waals surface area contributed by atoms with E-state index in [4.69, 9.17) is 0 Å². The van der Waals surface area contributed by atoms with Crippen LogP contribution in [0.5, 0.6) is 0 Å². The molecule has 0 amide bonds. The molecular formula is C19H22FN5. The first-order chi connectivity index (χ1) is 12.2. The number of fused-ring (bicyclic) bond motifs is 1. The fourth-order valence-corrected chi connectivity index (χ4v) is 2.77. The van der Waals surface area contributed by atoms with Crippen molar-refractivity contribution < 1.29 is 4.39 Å². The highest BCUT2D eigenvalue weighted by molar-refractivity contribution is 5.83. The summed E-state index contributed by atoms with van der Waals surface area (Å²) in [6.45, 7) is 3.39. The summed E-state index contributed by atoms with van der Waals surface area (Å²) >= 11 is 0. The Morgan fingerprint density at radius 2 is 2.16 bits per heavy atom. The molecule has 0 saturated carbocycles. The number of hydrogen-bond acceptors (Lipinski definition) is 2. The largest absolute Gasteiger partial charge is 0.361 e. The van der Waals surface area contributed by atoms with Gasteiger partial charge in [0.25, 0.3) is 0 Å². The highest BCUT2D eigenvalue weighted by atomic mass is 19.1. The second-order valence-electron chi connectivity index (χ2n) is 5.87. The molecular weight excluding hydrogens is 317 g/mol. The third-order valence-corrected chi connectivity index (χ3v) is 4.18. The van der Waals surface area contributed by atoms with E-state index in [1.807, 2.05) is 31.3 Å². The van der Waals surface area contributed by atoms with Crippen molar-refractivity contribution in [2.75, 3.05) is 13.6 Å². The van der Waals surface area contributed by atoms with Crippen LogP contribution >= 0.6 is 0 Å². The van der Waals surface area contributed by atoms with Gasteiger partial charge in [-0.2, -0.15) is 0 Å². The number of pyridine rings is 1. The molecule has 2 aromatic heterocycles. The van der Waals surface area contributed by atoms with Crippen LogP contribution in [0.4, 0.5) is 4.39 Å². The van der Waals surface area contributed by atoms with Crippen LogP contribution in [0, 0.1) is 12.7 Å². The first-order valence-corrected chi connectivity index (χ1v) is 8.28. The summed E-state index contributed by atoms with van der Waals surface area (Å²) in [5.41, 5.74) is 4.13. The number of guanidine groups is 1. The van der Waals surface area contributed by atoms with E-state index in [2.05, 4.69) is 25.6 Å². The first-order valence-electron chi connectivity index (χ1n) is 8.28. The third kappa shape index (κ3) is 4.15. The number of nitrogens with one attached hydrogen (secondary N) is 3. The van der Waals surface area contributed by atoms with Crippen molar-refractivity contribution in [2.24, 2.45) is 4.99 Å². The quantitative estimate of drug-likeness (QED) is 0.495. The second-order valence-corrected chi connectivity index (χ2v) is 5.87. The van der Waals surface area contributed by atoms with Gasteiger partial charge in [0, 0.05) is 36.9 Å². The lowest BCUT2D eigenvalue weighted by molar-refractivity contribution is 0.629. The van der Waals surface area contributed by atoms with Crippen molar-refractivity contribution in [3.8, 4) is 0 Å². The normalized spacial score (nSPS) is 11.7. The molecule has 3 aromatic rings.